The summed E-state index contributed by atoms with van der Waals surface area (Å²) in [6.07, 6.45) is -0.753. The Labute approximate surface area is 112 Å². The second-order valence-electron chi connectivity index (χ2n) is 4.27. The third-order valence-corrected chi connectivity index (χ3v) is 2.95. The van der Waals surface area contributed by atoms with E-state index in [1.54, 1.807) is 24.3 Å². The van der Waals surface area contributed by atoms with Crippen molar-refractivity contribution in [3.8, 4) is 5.75 Å². The molecule has 1 N–H and O–H groups in total. The first-order valence-electron chi connectivity index (χ1n) is 6.11. The maximum Gasteiger partial charge on any atom is 0.195 e. The van der Waals surface area contributed by atoms with Gasteiger partial charge in [0.2, 0.25) is 0 Å². The lowest BCUT2D eigenvalue weighted by molar-refractivity contribution is 0.0745. The summed E-state index contributed by atoms with van der Waals surface area (Å²) in [5.41, 5.74) is 1.34. The van der Waals surface area contributed by atoms with Gasteiger partial charge in [0.1, 0.15) is 11.9 Å². The van der Waals surface area contributed by atoms with Gasteiger partial charge in [0.15, 0.2) is 5.78 Å². The second-order valence-corrected chi connectivity index (χ2v) is 4.27. The number of para-hydroxylation sites is 1. The minimum atomic E-state index is -1.06. The van der Waals surface area contributed by atoms with Gasteiger partial charge in [0, 0.05) is 6.42 Å². The van der Waals surface area contributed by atoms with Crippen LogP contribution in [0.4, 0.5) is 0 Å². The molecule has 0 unspecified atom stereocenters. The number of ketones is 1. The molecule has 3 heteroatoms. The van der Waals surface area contributed by atoms with E-state index in [0.717, 1.165) is 5.56 Å². The van der Waals surface area contributed by atoms with Crippen molar-refractivity contribution in [2.75, 3.05) is 7.11 Å². The quantitative estimate of drug-likeness (QED) is 0.836. The molecule has 0 radical (unpaired) electrons. The molecule has 0 bridgehead atoms. The molecule has 0 amide bonds. The summed E-state index contributed by atoms with van der Waals surface area (Å²) in [5, 5.41) is 10.0. The summed E-state index contributed by atoms with van der Waals surface area (Å²) in [5.74, 6) is 0.168. The molecule has 0 fully saturated rings. The molecule has 0 aromatic heterocycles. The van der Waals surface area contributed by atoms with Crippen LogP contribution in [0.5, 0.6) is 5.75 Å². The lowest BCUT2D eigenvalue weighted by atomic mass is 9.99. The predicted molar refractivity (Wildman–Crippen MR) is 73.5 cm³/mol. The normalized spacial score (nSPS) is 11.9. The molecule has 0 aliphatic carbocycles. The molecule has 0 saturated carbocycles. The third-order valence-electron chi connectivity index (χ3n) is 2.95. The van der Waals surface area contributed by atoms with Crippen molar-refractivity contribution in [3.63, 3.8) is 0 Å². The fourth-order valence-electron chi connectivity index (χ4n) is 1.96. The number of hydrogen-bond donors (Lipinski definition) is 1. The summed E-state index contributed by atoms with van der Waals surface area (Å²) >= 11 is 0. The maximum atomic E-state index is 12.2. The average Bonchev–Trinajstić information content (AvgIpc) is 2.47. The fourth-order valence-corrected chi connectivity index (χ4v) is 1.96. The van der Waals surface area contributed by atoms with E-state index in [2.05, 4.69) is 0 Å². The zero-order chi connectivity index (χ0) is 13.7. The molecule has 19 heavy (non-hydrogen) atoms. The summed E-state index contributed by atoms with van der Waals surface area (Å²) in [6.45, 7) is 0. The molecule has 0 heterocycles. The molecule has 0 aliphatic rings. The molecule has 0 aliphatic heterocycles. The van der Waals surface area contributed by atoms with Crippen molar-refractivity contribution < 1.29 is 14.6 Å². The van der Waals surface area contributed by atoms with Gasteiger partial charge in [-0.15, -0.1) is 0 Å². The number of methoxy groups -OCH3 is 1. The van der Waals surface area contributed by atoms with Gasteiger partial charge in [-0.25, -0.2) is 0 Å². The van der Waals surface area contributed by atoms with Gasteiger partial charge in [-0.05, 0) is 17.7 Å². The standard InChI is InChI=1S/C16H16O3/c1-19-15-10-6-5-9-13(15)16(18)14(17)11-12-7-3-2-4-8-12/h2-10,14,17H,11H2,1H3/t14-/m1/s1. The van der Waals surface area contributed by atoms with Gasteiger partial charge in [-0.2, -0.15) is 0 Å². The van der Waals surface area contributed by atoms with Crippen molar-refractivity contribution in [1.82, 2.24) is 0 Å². The van der Waals surface area contributed by atoms with Gasteiger partial charge in [-0.3, -0.25) is 4.79 Å². The van der Waals surface area contributed by atoms with Crippen molar-refractivity contribution in [2.45, 2.75) is 12.5 Å². The van der Waals surface area contributed by atoms with Gasteiger partial charge >= 0.3 is 0 Å². The van der Waals surface area contributed by atoms with Crippen LogP contribution >= 0.6 is 0 Å². The highest BCUT2D eigenvalue weighted by molar-refractivity contribution is 6.01. The number of rotatable bonds is 5. The monoisotopic (exact) mass is 256 g/mol. The van der Waals surface area contributed by atoms with Gasteiger partial charge in [-0.1, -0.05) is 42.5 Å². The van der Waals surface area contributed by atoms with Crippen LogP contribution < -0.4 is 4.74 Å². The van der Waals surface area contributed by atoms with Crippen LogP contribution in [0, 0.1) is 0 Å². The highest BCUT2D eigenvalue weighted by Crippen LogP contribution is 2.20. The topological polar surface area (TPSA) is 46.5 Å². The number of carbonyl (C=O) groups is 1. The number of aliphatic hydroxyl groups is 1. The first-order valence-corrected chi connectivity index (χ1v) is 6.11. The predicted octanol–water partition coefficient (Wildman–Crippen LogP) is 2.48. The largest absolute Gasteiger partial charge is 0.496 e. The van der Waals surface area contributed by atoms with Gasteiger partial charge in [0.25, 0.3) is 0 Å². The van der Waals surface area contributed by atoms with E-state index in [0.29, 0.717) is 17.7 Å². The van der Waals surface area contributed by atoms with Crippen molar-refractivity contribution in [3.05, 3.63) is 65.7 Å². The van der Waals surface area contributed by atoms with E-state index < -0.39 is 6.10 Å². The van der Waals surface area contributed by atoms with Crippen LogP contribution in [0.1, 0.15) is 15.9 Å². The smallest absolute Gasteiger partial charge is 0.195 e. The Balaban J connectivity index is 2.15. The summed E-state index contributed by atoms with van der Waals surface area (Å²) in [6, 6.07) is 16.4. The third kappa shape index (κ3) is 3.20. The SMILES string of the molecule is COc1ccccc1C(=O)[C@H](O)Cc1ccccc1. The lowest BCUT2D eigenvalue weighted by Gasteiger charge is -2.12. The van der Waals surface area contributed by atoms with E-state index in [1.165, 1.54) is 7.11 Å². The van der Waals surface area contributed by atoms with Crippen LogP contribution in [-0.2, 0) is 6.42 Å². The molecule has 3 nitrogen and oxygen atoms in total. The van der Waals surface area contributed by atoms with E-state index in [9.17, 15) is 9.90 Å². The number of benzene rings is 2. The van der Waals surface area contributed by atoms with Crippen LogP contribution in [0.25, 0.3) is 0 Å². The van der Waals surface area contributed by atoms with Crippen LogP contribution in [-0.4, -0.2) is 24.1 Å². The van der Waals surface area contributed by atoms with Gasteiger partial charge < -0.3 is 9.84 Å². The Hall–Kier alpha value is -2.13. The number of hydrogen-bond acceptors (Lipinski definition) is 3. The highest BCUT2D eigenvalue weighted by Gasteiger charge is 2.20. The summed E-state index contributed by atoms with van der Waals surface area (Å²) < 4.78 is 5.13. The molecule has 98 valence electrons. The van der Waals surface area contributed by atoms with Crippen LogP contribution in [0.15, 0.2) is 54.6 Å². The minimum Gasteiger partial charge on any atom is -0.496 e. The maximum absolute atomic E-state index is 12.2. The number of ether oxygens (including phenoxy) is 1. The molecule has 2 rings (SSSR count). The average molecular weight is 256 g/mol. The summed E-state index contributed by atoms with van der Waals surface area (Å²) in [4.78, 5) is 12.2. The molecule has 1 atom stereocenters. The number of Topliss-reactive ketones (excluding diaryl/α,β-unsaturated/α-hetero) is 1. The highest BCUT2D eigenvalue weighted by atomic mass is 16.5. The summed E-state index contributed by atoms with van der Waals surface area (Å²) in [7, 11) is 1.51. The number of carbonyl (C=O) groups excluding carboxylic acids is 1. The Kier molecular flexibility index (Phi) is 4.31. The van der Waals surface area contributed by atoms with E-state index in [1.807, 2.05) is 30.3 Å². The second kappa shape index (κ2) is 6.16. The van der Waals surface area contributed by atoms with Crippen LogP contribution in [0.2, 0.25) is 0 Å². The molecule has 0 saturated heterocycles. The van der Waals surface area contributed by atoms with Crippen molar-refractivity contribution in [1.29, 1.82) is 0 Å². The molecule has 0 spiro atoms. The zero-order valence-corrected chi connectivity index (χ0v) is 10.7. The Morgan fingerprint density at radius 2 is 1.74 bits per heavy atom. The van der Waals surface area contributed by atoms with Crippen molar-refractivity contribution in [2.24, 2.45) is 0 Å². The van der Waals surface area contributed by atoms with Gasteiger partial charge in [0.05, 0.1) is 12.7 Å². The molecular formula is C16H16O3. The molecule has 2 aromatic carbocycles. The number of aliphatic hydroxyl groups excluding tert-OH is 1. The first kappa shape index (κ1) is 13.3. The van der Waals surface area contributed by atoms with E-state index in [-0.39, 0.29) is 5.78 Å². The van der Waals surface area contributed by atoms with E-state index in [4.69, 9.17) is 4.74 Å². The lowest BCUT2D eigenvalue weighted by Crippen LogP contribution is -2.23. The van der Waals surface area contributed by atoms with E-state index >= 15 is 0 Å². The molecular weight excluding hydrogens is 240 g/mol. The fraction of sp³-hybridized carbons (Fsp3) is 0.188. The Morgan fingerprint density at radius 3 is 2.42 bits per heavy atom. The van der Waals surface area contributed by atoms with Crippen molar-refractivity contribution >= 4 is 5.78 Å². The first-order chi connectivity index (χ1) is 9.22. The Morgan fingerprint density at radius 1 is 1.11 bits per heavy atom. The zero-order valence-electron chi connectivity index (χ0n) is 10.7. The minimum absolute atomic E-state index is 0.303. The Bertz CT molecular complexity index is 549. The molecule has 2 aromatic rings. The van der Waals surface area contributed by atoms with Crippen LogP contribution in [0.3, 0.4) is 0 Å².